The van der Waals surface area contributed by atoms with Crippen LogP contribution in [0.3, 0.4) is 0 Å². The van der Waals surface area contributed by atoms with Crippen molar-refractivity contribution in [1.29, 1.82) is 0 Å². The van der Waals surface area contributed by atoms with E-state index in [4.69, 9.17) is 30.5 Å². The Morgan fingerprint density at radius 2 is 1.77 bits per heavy atom. The van der Waals surface area contributed by atoms with Gasteiger partial charge >= 0.3 is 0 Å². The van der Waals surface area contributed by atoms with E-state index in [1.54, 1.807) is 36.4 Å². The number of benzene rings is 3. The summed E-state index contributed by atoms with van der Waals surface area (Å²) in [5.74, 6) is 1.31. The second-order valence-corrected chi connectivity index (χ2v) is 10.2. The van der Waals surface area contributed by atoms with E-state index in [1.165, 1.54) is 0 Å². The molecule has 0 saturated carbocycles. The van der Waals surface area contributed by atoms with Crippen molar-refractivity contribution in [3.8, 4) is 17.2 Å². The lowest BCUT2D eigenvalue weighted by Gasteiger charge is -2.37. The number of hydrogen-bond donors (Lipinski definition) is 3. The fourth-order valence-corrected chi connectivity index (χ4v) is 5.42. The third kappa shape index (κ3) is 5.38. The zero-order valence-electron chi connectivity index (χ0n) is 20.9. The number of aliphatic hydroxyl groups is 1. The van der Waals surface area contributed by atoms with Crippen LogP contribution in [-0.2, 0) is 16.1 Å². The molecule has 0 radical (unpaired) electrons. The average molecular weight is 551 g/mol. The lowest BCUT2D eigenvalue weighted by atomic mass is 9.84. The number of hydrogen-bond acceptors (Lipinski definition) is 7. The van der Waals surface area contributed by atoms with Crippen LogP contribution in [0, 0.1) is 0 Å². The van der Waals surface area contributed by atoms with E-state index in [9.17, 15) is 14.7 Å². The van der Waals surface area contributed by atoms with Crippen molar-refractivity contribution in [3.05, 3.63) is 82.4 Å². The number of fused-ring (bicyclic) bond motifs is 4. The van der Waals surface area contributed by atoms with Gasteiger partial charge in [-0.3, -0.25) is 9.59 Å². The summed E-state index contributed by atoms with van der Waals surface area (Å²) in [5, 5.41) is 16.5. The fourth-order valence-electron chi connectivity index (χ4n) is 5.29. The van der Waals surface area contributed by atoms with Gasteiger partial charge in [0.25, 0.3) is 5.91 Å². The molecule has 0 aromatic heterocycles. The summed E-state index contributed by atoms with van der Waals surface area (Å²) in [6, 6.07) is 17.8. The molecule has 0 unspecified atom stereocenters. The van der Waals surface area contributed by atoms with Crippen LogP contribution >= 0.6 is 11.6 Å². The van der Waals surface area contributed by atoms with Crippen molar-refractivity contribution in [3.63, 3.8) is 0 Å². The molecule has 3 aliphatic heterocycles. The van der Waals surface area contributed by atoms with Gasteiger partial charge in [0.1, 0.15) is 18.0 Å². The molecule has 3 N–H and O–H groups in total. The van der Waals surface area contributed by atoms with Crippen LogP contribution in [0.2, 0.25) is 5.02 Å². The van der Waals surface area contributed by atoms with Gasteiger partial charge in [0.2, 0.25) is 12.7 Å². The van der Waals surface area contributed by atoms with Crippen molar-refractivity contribution in [1.82, 2.24) is 5.32 Å². The van der Waals surface area contributed by atoms with Crippen molar-refractivity contribution in [2.75, 3.05) is 18.7 Å². The Hall–Kier alpha value is -3.79. The molecule has 3 aromatic rings. The summed E-state index contributed by atoms with van der Waals surface area (Å²) in [4.78, 5) is 25.6. The number of nitrogens with one attached hydrogen (secondary N) is 2. The number of rotatable bonds is 7. The first kappa shape index (κ1) is 25.5. The van der Waals surface area contributed by atoms with Crippen molar-refractivity contribution >= 4 is 29.1 Å². The molecule has 9 nitrogen and oxygen atoms in total. The van der Waals surface area contributed by atoms with Crippen LogP contribution in [0.4, 0.5) is 5.69 Å². The summed E-state index contributed by atoms with van der Waals surface area (Å²) in [6.07, 6.45) is -0.643. The molecule has 3 aromatic carbocycles. The van der Waals surface area contributed by atoms with E-state index < -0.39 is 12.2 Å². The minimum absolute atomic E-state index is 0.0950. The van der Waals surface area contributed by atoms with Gasteiger partial charge in [-0.1, -0.05) is 23.7 Å². The summed E-state index contributed by atoms with van der Waals surface area (Å²) in [7, 11) is 0. The van der Waals surface area contributed by atoms with Gasteiger partial charge in [0.15, 0.2) is 11.5 Å². The van der Waals surface area contributed by atoms with Crippen LogP contribution in [-0.4, -0.2) is 48.6 Å². The molecule has 0 spiro atoms. The molecular weight excluding hydrogens is 524 g/mol. The smallest absolute Gasteiger partial charge is 0.255 e. The Morgan fingerprint density at radius 1 is 0.974 bits per heavy atom. The highest BCUT2D eigenvalue weighted by atomic mass is 35.5. The SMILES string of the molecule is O=C(C[C@@H]1C[C@@H]2c3cc(NC(=O)c4ccc5c(c4)OCO5)ccc3O[C@@H]2[C@H](CO)O1)NCc1ccc(Cl)cc1. The Balaban J connectivity index is 1.12. The summed E-state index contributed by atoms with van der Waals surface area (Å²) in [5.41, 5.74) is 2.92. The number of carbonyl (C=O) groups is 2. The number of amides is 2. The molecule has 1 fully saturated rings. The van der Waals surface area contributed by atoms with Crippen molar-refractivity contribution in [2.45, 2.75) is 43.6 Å². The largest absolute Gasteiger partial charge is 0.487 e. The normalized spacial score (nSPS) is 22.4. The second kappa shape index (κ2) is 10.8. The lowest BCUT2D eigenvalue weighted by Crippen LogP contribution is -2.47. The lowest BCUT2D eigenvalue weighted by molar-refractivity contribution is -0.142. The fraction of sp³-hybridized carbons (Fsp3) is 0.310. The predicted molar refractivity (Wildman–Crippen MR) is 142 cm³/mol. The number of anilines is 1. The molecule has 0 aliphatic carbocycles. The standard InChI is InChI=1S/C29H27ClN2O7/c30-18-4-1-16(2-5-18)13-31-27(34)12-20-11-22-21-10-19(6-8-23(21)39-28(22)26(14-33)38-20)32-29(35)17-3-7-24-25(9-17)37-15-36-24/h1-10,20,22,26,28,33H,11-15H2,(H,31,34)(H,32,35)/t20-,22+,26-,28-/m0/s1. The van der Waals surface area contributed by atoms with E-state index in [0.717, 1.165) is 11.1 Å². The monoisotopic (exact) mass is 550 g/mol. The van der Waals surface area contributed by atoms with Crippen LogP contribution < -0.4 is 24.8 Å². The molecule has 6 rings (SSSR count). The Bertz CT molecular complexity index is 1400. The van der Waals surface area contributed by atoms with Gasteiger partial charge in [-0.05, 0) is 60.5 Å². The summed E-state index contributed by atoms with van der Waals surface area (Å²) >= 11 is 5.93. The molecule has 3 heterocycles. The Labute approximate surface area is 230 Å². The van der Waals surface area contributed by atoms with Gasteiger partial charge < -0.3 is 34.7 Å². The molecule has 0 bridgehead atoms. The van der Waals surface area contributed by atoms with E-state index in [2.05, 4.69) is 10.6 Å². The van der Waals surface area contributed by atoms with Crippen molar-refractivity contribution in [2.24, 2.45) is 0 Å². The highest BCUT2D eigenvalue weighted by Crippen LogP contribution is 2.47. The highest BCUT2D eigenvalue weighted by Gasteiger charge is 2.46. The van der Waals surface area contributed by atoms with Gasteiger partial charge in [-0.25, -0.2) is 0 Å². The first-order valence-electron chi connectivity index (χ1n) is 12.8. The maximum atomic E-state index is 12.9. The van der Waals surface area contributed by atoms with Crippen LogP contribution in [0.25, 0.3) is 0 Å². The van der Waals surface area contributed by atoms with Crippen LogP contribution in [0.15, 0.2) is 60.7 Å². The zero-order chi connectivity index (χ0) is 26.9. The van der Waals surface area contributed by atoms with E-state index in [0.29, 0.717) is 46.5 Å². The first-order chi connectivity index (χ1) is 19.0. The Kier molecular flexibility index (Phi) is 7.03. The average Bonchev–Trinajstić information content (AvgIpc) is 3.56. The van der Waals surface area contributed by atoms with Gasteiger partial charge in [0.05, 0.1) is 19.1 Å². The first-order valence-corrected chi connectivity index (χ1v) is 13.1. The quantitative estimate of drug-likeness (QED) is 0.407. The molecule has 4 atom stereocenters. The minimum Gasteiger partial charge on any atom is -0.487 e. The van der Waals surface area contributed by atoms with Gasteiger partial charge in [-0.15, -0.1) is 0 Å². The summed E-state index contributed by atoms with van der Waals surface area (Å²) < 4.78 is 22.9. The molecular formula is C29H27ClN2O7. The van der Waals surface area contributed by atoms with Crippen LogP contribution in [0.1, 0.15) is 40.2 Å². The van der Waals surface area contributed by atoms with Crippen LogP contribution in [0.5, 0.6) is 17.2 Å². The van der Waals surface area contributed by atoms with Gasteiger partial charge in [-0.2, -0.15) is 0 Å². The topological polar surface area (TPSA) is 115 Å². The van der Waals surface area contributed by atoms with Crippen molar-refractivity contribution < 1.29 is 33.6 Å². The van der Waals surface area contributed by atoms with Gasteiger partial charge in [0, 0.05) is 34.3 Å². The second-order valence-electron chi connectivity index (χ2n) is 9.79. The maximum absolute atomic E-state index is 12.9. The predicted octanol–water partition coefficient (Wildman–Crippen LogP) is 4.02. The summed E-state index contributed by atoms with van der Waals surface area (Å²) in [6.45, 7) is 0.291. The molecule has 202 valence electrons. The number of carbonyl (C=O) groups excluding carboxylic acids is 2. The molecule has 3 aliphatic rings. The molecule has 39 heavy (non-hydrogen) atoms. The molecule has 1 saturated heterocycles. The molecule has 10 heteroatoms. The zero-order valence-corrected chi connectivity index (χ0v) is 21.6. The third-order valence-corrected chi connectivity index (χ3v) is 7.46. The minimum atomic E-state index is -0.572. The number of halogens is 1. The third-order valence-electron chi connectivity index (χ3n) is 7.21. The number of ether oxygens (including phenoxy) is 4. The number of aliphatic hydroxyl groups excluding tert-OH is 1. The van der Waals surface area contributed by atoms with E-state index in [1.807, 2.05) is 24.3 Å². The highest BCUT2D eigenvalue weighted by molar-refractivity contribution is 6.30. The van der Waals surface area contributed by atoms with E-state index >= 15 is 0 Å². The molecule has 2 amide bonds. The Morgan fingerprint density at radius 3 is 2.59 bits per heavy atom. The van der Waals surface area contributed by atoms with E-state index in [-0.39, 0.29) is 43.7 Å². The maximum Gasteiger partial charge on any atom is 0.255 e.